The summed E-state index contributed by atoms with van der Waals surface area (Å²) in [5.74, 6) is -2.09. The topological polar surface area (TPSA) is 81.8 Å². The van der Waals surface area contributed by atoms with Crippen LogP contribution in [0.5, 0.6) is 0 Å². The lowest BCUT2D eigenvalue weighted by Gasteiger charge is -2.20. The third-order valence-electron chi connectivity index (χ3n) is 2.83. The molecule has 0 amide bonds. The first-order valence-corrected chi connectivity index (χ1v) is 4.75. The molecule has 0 unspecified atom stereocenters. The quantitative estimate of drug-likeness (QED) is 0.621. The van der Waals surface area contributed by atoms with E-state index in [0.717, 1.165) is 0 Å². The molecule has 5 nitrogen and oxygen atoms in total. The van der Waals surface area contributed by atoms with Gasteiger partial charge in [-0.1, -0.05) is 0 Å². The highest BCUT2D eigenvalue weighted by atomic mass is 16.8. The second-order valence-electron chi connectivity index (χ2n) is 4.41. The first-order valence-electron chi connectivity index (χ1n) is 4.75. The van der Waals surface area contributed by atoms with E-state index in [0.29, 0.717) is 6.42 Å². The third-order valence-corrected chi connectivity index (χ3v) is 2.83. The van der Waals surface area contributed by atoms with Crippen LogP contribution in [0.15, 0.2) is 0 Å². The van der Waals surface area contributed by atoms with Crippen molar-refractivity contribution in [1.82, 2.24) is 0 Å². The zero-order valence-electron chi connectivity index (χ0n) is 8.27. The number of carboxylic acids is 1. The van der Waals surface area contributed by atoms with E-state index in [2.05, 4.69) is 0 Å². The molecule has 2 fully saturated rings. The Morgan fingerprint density at radius 1 is 1.43 bits per heavy atom. The molecule has 0 aromatic rings. The minimum atomic E-state index is -0.853. The van der Waals surface area contributed by atoms with E-state index in [1.54, 1.807) is 13.8 Å². The summed E-state index contributed by atoms with van der Waals surface area (Å²) in [4.78, 5) is 10.9. The molecule has 14 heavy (non-hydrogen) atoms. The second-order valence-corrected chi connectivity index (χ2v) is 4.41. The number of aliphatic carboxylic acids is 1. The first-order chi connectivity index (χ1) is 6.41. The molecule has 2 rings (SSSR count). The first kappa shape index (κ1) is 9.89. The fraction of sp³-hybridized carbons (Fsp3) is 0.889. The number of carboxylic acid groups (broad SMARTS) is 1. The highest BCUT2D eigenvalue weighted by Crippen LogP contribution is 2.40. The van der Waals surface area contributed by atoms with Gasteiger partial charge >= 0.3 is 5.97 Å². The Balaban J connectivity index is 2.19. The van der Waals surface area contributed by atoms with Gasteiger partial charge in [-0.25, -0.2) is 0 Å². The summed E-state index contributed by atoms with van der Waals surface area (Å²) in [6, 6.07) is -0.233. The van der Waals surface area contributed by atoms with E-state index >= 15 is 0 Å². The average molecular weight is 201 g/mol. The van der Waals surface area contributed by atoms with Crippen molar-refractivity contribution < 1.29 is 19.4 Å². The van der Waals surface area contributed by atoms with Gasteiger partial charge in [0.05, 0.1) is 5.92 Å². The van der Waals surface area contributed by atoms with E-state index in [1.165, 1.54) is 0 Å². The molecule has 0 aromatic heterocycles. The fourth-order valence-electron chi connectivity index (χ4n) is 2.26. The number of carbonyl (C=O) groups is 1. The number of ether oxygens (including phenoxy) is 2. The van der Waals surface area contributed by atoms with Gasteiger partial charge in [0.15, 0.2) is 5.79 Å². The zero-order chi connectivity index (χ0) is 10.5. The predicted octanol–water partition coefficient (Wildman–Crippen LogP) is -0.0617. The van der Waals surface area contributed by atoms with E-state index in [1.807, 2.05) is 0 Å². The van der Waals surface area contributed by atoms with Crippen LogP contribution in [-0.4, -0.2) is 35.1 Å². The third kappa shape index (κ3) is 1.41. The Labute approximate surface area is 82.2 Å². The summed E-state index contributed by atoms with van der Waals surface area (Å²) in [5.41, 5.74) is 5.80. The smallest absolute Gasteiger partial charge is 0.309 e. The predicted molar refractivity (Wildman–Crippen MR) is 47.5 cm³/mol. The van der Waals surface area contributed by atoms with Crippen LogP contribution in [0, 0.1) is 5.92 Å². The van der Waals surface area contributed by atoms with Gasteiger partial charge in [0.1, 0.15) is 12.2 Å². The Morgan fingerprint density at radius 2 is 2.00 bits per heavy atom. The maximum absolute atomic E-state index is 10.9. The Morgan fingerprint density at radius 3 is 2.57 bits per heavy atom. The molecular weight excluding hydrogens is 186 g/mol. The molecule has 4 atom stereocenters. The van der Waals surface area contributed by atoms with Gasteiger partial charge in [-0.3, -0.25) is 4.79 Å². The van der Waals surface area contributed by atoms with Gasteiger partial charge < -0.3 is 20.3 Å². The lowest BCUT2D eigenvalue weighted by atomic mass is 10.1. The van der Waals surface area contributed by atoms with Gasteiger partial charge in [0.25, 0.3) is 0 Å². The summed E-state index contributed by atoms with van der Waals surface area (Å²) in [7, 11) is 0. The van der Waals surface area contributed by atoms with Crippen LogP contribution in [-0.2, 0) is 14.3 Å². The zero-order valence-corrected chi connectivity index (χ0v) is 8.27. The molecule has 2 aliphatic rings. The molecule has 0 aromatic carbocycles. The summed E-state index contributed by atoms with van der Waals surface area (Å²) < 4.78 is 11.1. The maximum Gasteiger partial charge on any atom is 0.309 e. The molecule has 1 heterocycles. The number of fused-ring (bicyclic) bond motifs is 1. The number of hydrogen-bond acceptors (Lipinski definition) is 4. The highest BCUT2D eigenvalue weighted by molar-refractivity contribution is 5.71. The van der Waals surface area contributed by atoms with Crippen LogP contribution in [0.4, 0.5) is 0 Å². The van der Waals surface area contributed by atoms with Crippen molar-refractivity contribution in [3.8, 4) is 0 Å². The number of nitrogens with two attached hydrogens (primary N) is 1. The fourth-order valence-corrected chi connectivity index (χ4v) is 2.26. The minimum Gasteiger partial charge on any atom is -0.481 e. The number of hydrogen-bond donors (Lipinski definition) is 2. The van der Waals surface area contributed by atoms with Crippen LogP contribution in [0.2, 0.25) is 0 Å². The average Bonchev–Trinajstić information content (AvgIpc) is 2.47. The summed E-state index contributed by atoms with van der Waals surface area (Å²) in [6.07, 6.45) is -0.232. The van der Waals surface area contributed by atoms with Crippen molar-refractivity contribution in [3.05, 3.63) is 0 Å². The molecule has 80 valence electrons. The molecule has 0 radical (unpaired) electrons. The van der Waals surface area contributed by atoms with Gasteiger partial charge in [-0.15, -0.1) is 0 Å². The van der Waals surface area contributed by atoms with Crippen LogP contribution in [0.25, 0.3) is 0 Å². The molecule has 1 aliphatic heterocycles. The van der Waals surface area contributed by atoms with Crippen molar-refractivity contribution in [1.29, 1.82) is 0 Å². The Hall–Kier alpha value is -0.650. The summed E-state index contributed by atoms with van der Waals surface area (Å²) >= 11 is 0. The van der Waals surface area contributed by atoms with E-state index in [-0.39, 0.29) is 12.1 Å². The van der Waals surface area contributed by atoms with Crippen LogP contribution in [0.1, 0.15) is 20.3 Å². The summed E-state index contributed by atoms with van der Waals surface area (Å²) in [6.45, 7) is 3.55. The SMILES string of the molecule is CC1(C)O[C@@H]2[C@H](O1)[C@@H](C(=O)O)C[C@H]2N. The minimum absolute atomic E-state index is 0.233. The molecule has 1 saturated carbocycles. The lowest BCUT2D eigenvalue weighted by Crippen LogP contribution is -2.35. The Bertz CT molecular complexity index is 266. The van der Waals surface area contributed by atoms with Crippen molar-refractivity contribution in [3.63, 3.8) is 0 Å². The molecule has 0 spiro atoms. The van der Waals surface area contributed by atoms with E-state index in [9.17, 15) is 4.79 Å². The largest absolute Gasteiger partial charge is 0.481 e. The lowest BCUT2D eigenvalue weighted by molar-refractivity contribution is -0.166. The van der Waals surface area contributed by atoms with Crippen molar-refractivity contribution in [2.45, 2.75) is 44.3 Å². The van der Waals surface area contributed by atoms with Crippen molar-refractivity contribution in [2.75, 3.05) is 0 Å². The van der Waals surface area contributed by atoms with Crippen LogP contribution in [0.3, 0.4) is 0 Å². The molecule has 1 saturated heterocycles. The van der Waals surface area contributed by atoms with Crippen molar-refractivity contribution in [2.24, 2.45) is 11.7 Å². The molecule has 5 heteroatoms. The van der Waals surface area contributed by atoms with Gasteiger partial charge in [-0.2, -0.15) is 0 Å². The molecule has 3 N–H and O–H groups in total. The van der Waals surface area contributed by atoms with Gasteiger partial charge in [-0.05, 0) is 20.3 Å². The monoisotopic (exact) mass is 201 g/mol. The normalized spacial score (nSPS) is 45.1. The van der Waals surface area contributed by atoms with Gasteiger partial charge in [0.2, 0.25) is 0 Å². The Kier molecular flexibility index (Phi) is 2.06. The highest BCUT2D eigenvalue weighted by Gasteiger charge is 2.55. The standard InChI is InChI=1S/C9H15NO4/c1-9(2)13-6-4(8(11)12)3-5(10)7(6)14-9/h4-7H,3,10H2,1-2H3,(H,11,12)/t4-,5+,6+,7-/m0/s1. The maximum atomic E-state index is 10.9. The summed E-state index contributed by atoms with van der Waals surface area (Å²) in [5, 5.41) is 8.96. The molecular formula is C9H15NO4. The van der Waals surface area contributed by atoms with E-state index < -0.39 is 23.8 Å². The van der Waals surface area contributed by atoms with Crippen molar-refractivity contribution >= 4 is 5.97 Å². The molecule has 1 aliphatic carbocycles. The van der Waals surface area contributed by atoms with Gasteiger partial charge in [0, 0.05) is 6.04 Å². The number of rotatable bonds is 1. The second kappa shape index (κ2) is 2.92. The molecule has 0 bridgehead atoms. The van der Waals surface area contributed by atoms with E-state index in [4.69, 9.17) is 20.3 Å². The van der Waals surface area contributed by atoms with Crippen LogP contribution < -0.4 is 5.73 Å². The van der Waals surface area contributed by atoms with Crippen LogP contribution >= 0.6 is 0 Å².